The number of nitrogens with zero attached hydrogens (tertiary/aromatic N) is 1. The van der Waals surface area contributed by atoms with E-state index in [2.05, 4.69) is 0 Å². The Morgan fingerprint density at radius 2 is 1.90 bits per heavy atom. The lowest BCUT2D eigenvalue weighted by Crippen LogP contribution is -3.06. The van der Waals surface area contributed by atoms with Gasteiger partial charge in [-0.2, -0.15) is 0 Å². The van der Waals surface area contributed by atoms with Crippen LogP contribution in [-0.2, 0) is 9.59 Å². The van der Waals surface area contributed by atoms with Crippen molar-refractivity contribution in [3.63, 3.8) is 0 Å². The van der Waals surface area contributed by atoms with Crippen LogP contribution in [0, 0.1) is 0 Å². The lowest BCUT2D eigenvalue weighted by Gasteiger charge is -2.25. The third-order valence-corrected chi connectivity index (χ3v) is 5.14. The average molecular weight is 416 g/mol. The molecule has 1 aliphatic heterocycles. The summed E-state index contributed by atoms with van der Waals surface area (Å²) in [5.74, 6) is -1.02. The minimum atomic E-state index is -0.709. The van der Waals surface area contributed by atoms with Gasteiger partial charge in [0.2, 0.25) is 0 Å². The van der Waals surface area contributed by atoms with E-state index in [1.807, 2.05) is 14.1 Å². The number of ketones is 1. The normalized spacial score (nSPS) is 18.5. The lowest BCUT2D eigenvalue weighted by atomic mass is 9.95. The number of rotatable bonds is 6. The summed E-state index contributed by atoms with van der Waals surface area (Å²) in [5, 5.41) is 11.5. The van der Waals surface area contributed by atoms with Crippen LogP contribution in [0.15, 0.2) is 54.1 Å². The van der Waals surface area contributed by atoms with Crippen molar-refractivity contribution in [3.05, 3.63) is 70.3 Å². The molecule has 1 amide bonds. The van der Waals surface area contributed by atoms with Gasteiger partial charge in [0.1, 0.15) is 11.5 Å². The first-order valence-electron chi connectivity index (χ1n) is 9.30. The Morgan fingerprint density at radius 3 is 2.55 bits per heavy atom. The number of carbonyl (C=O) groups excluding carboxylic acids is 2. The van der Waals surface area contributed by atoms with Gasteiger partial charge in [0.25, 0.3) is 11.7 Å². The number of aliphatic hydroxyl groups excluding tert-OH is 1. The third kappa shape index (κ3) is 4.28. The van der Waals surface area contributed by atoms with Gasteiger partial charge in [0.15, 0.2) is 0 Å². The highest BCUT2D eigenvalue weighted by molar-refractivity contribution is 6.46. The van der Waals surface area contributed by atoms with E-state index in [9.17, 15) is 14.7 Å². The molecule has 6 nitrogen and oxygen atoms in total. The van der Waals surface area contributed by atoms with Gasteiger partial charge < -0.3 is 19.6 Å². The van der Waals surface area contributed by atoms with Gasteiger partial charge in [-0.15, -0.1) is 0 Å². The Balaban J connectivity index is 2.16. The van der Waals surface area contributed by atoms with Gasteiger partial charge in [-0.05, 0) is 29.8 Å². The second kappa shape index (κ2) is 8.68. The van der Waals surface area contributed by atoms with Crippen LogP contribution in [0.25, 0.3) is 5.76 Å². The molecule has 0 spiro atoms. The van der Waals surface area contributed by atoms with Crippen molar-refractivity contribution in [1.29, 1.82) is 0 Å². The number of aliphatic hydroxyl groups is 1. The molecule has 1 aliphatic rings. The maximum atomic E-state index is 12.9. The van der Waals surface area contributed by atoms with Crippen molar-refractivity contribution in [3.8, 4) is 5.75 Å². The van der Waals surface area contributed by atoms with Gasteiger partial charge in [0, 0.05) is 10.6 Å². The van der Waals surface area contributed by atoms with E-state index in [-0.39, 0.29) is 11.3 Å². The number of nitrogens with one attached hydrogen (secondary N) is 1. The van der Waals surface area contributed by atoms with E-state index in [0.717, 1.165) is 4.90 Å². The Bertz CT molecular complexity index is 971. The number of Topliss-reactive ketones (excluding diaryl/α,β-unsaturated/α-hetero) is 1. The summed E-state index contributed by atoms with van der Waals surface area (Å²) in [6, 6.07) is 13.1. The fraction of sp³-hybridized carbons (Fsp3) is 0.273. The summed E-state index contributed by atoms with van der Waals surface area (Å²) in [6.45, 7) is 1.03. The van der Waals surface area contributed by atoms with E-state index >= 15 is 0 Å². The van der Waals surface area contributed by atoms with Crippen LogP contribution in [0.1, 0.15) is 17.2 Å². The number of ether oxygens (including phenoxy) is 1. The molecule has 1 heterocycles. The Kier molecular flexibility index (Phi) is 6.25. The number of hydrogen-bond acceptors (Lipinski definition) is 4. The summed E-state index contributed by atoms with van der Waals surface area (Å²) >= 11 is 6.17. The van der Waals surface area contributed by atoms with Gasteiger partial charge in [-0.25, -0.2) is 0 Å². The van der Waals surface area contributed by atoms with Gasteiger partial charge in [0.05, 0.1) is 45.9 Å². The lowest BCUT2D eigenvalue weighted by molar-refractivity contribution is -0.857. The van der Waals surface area contributed by atoms with Crippen molar-refractivity contribution in [2.75, 3.05) is 34.3 Å². The molecule has 2 N–H and O–H groups in total. The standard InChI is InChI=1S/C22H23ClN2O4/c1-24(2)10-11-25-19(14-6-4-8-16(23)12-14)18(21(27)22(25)28)20(26)15-7-5-9-17(13-15)29-3/h4-9,12-13,19,26H,10-11H2,1-3H3/p+1/t19-/m0/s1. The van der Waals surface area contributed by atoms with E-state index in [1.54, 1.807) is 48.5 Å². The third-order valence-electron chi connectivity index (χ3n) is 4.90. The zero-order chi connectivity index (χ0) is 21.1. The summed E-state index contributed by atoms with van der Waals surface area (Å²) in [5.41, 5.74) is 1.14. The first-order chi connectivity index (χ1) is 13.8. The number of halogens is 1. The maximum absolute atomic E-state index is 12.9. The maximum Gasteiger partial charge on any atom is 0.295 e. The van der Waals surface area contributed by atoms with Crippen LogP contribution < -0.4 is 9.64 Å². The molecule has 1 fully saturated rings. The van der Waals surface area contributed by atoms with Crippen molar-refractivity contribution >= 4 is 29.1 Å². The molecular weight excluding hydrogens is 392 g/mol. The zero-order valence-corrected chi connectivity index (χ0v) is 17.4. The predicted octanol–water partition coefficient (Wildman–Crippen LogP) is 1.91. The molecule has 0 unspecified atom stereocenters. The van der Waals surface area contributed by atoms with Crippen LogP contribution in [0.2, 0.25) is 5.02 Å². The molecule has 1 saturated heterocycles. The zero-order valence-electron chi connectivity index (χ0n) is 16.6. The molecule has 152 valence electrons. The quantitative estimate of drug-likeness (QED) is 0.429. The second-order valence-electron chi connectivity index (χ2n) is 7.24. The molecule has 0 aromatic heterocycles. The van der Waals surface area contributed by atoms with Gasteiger partial charge in [-0.1, -0.05) is 35.9 Å². The predicted molar refractivity (Wildman–Crippen MR) is 111 cm³/mol. The number of likely N-dealkylation sites (N-methyl/N-ethyl adjacent to an activating group) is 1. The minimum absolute atomic E-state index is 0.0549. The summed E-state index contributed by atoms with van der Waals surface area (Å²) in [6.07, 6.45) is 0. The summed E-state index contributed by atoms with van der Waals surface area (Å²) < 4.78 is 5.21. The van der Waals surface area contributed by atoms with E-state index < -0.39 is 17.7 Å². The Hall–Kier alpha value is -2.83. The van der Waals surface area contributed by atoms with Gasteiger partial charge >= 0.3 is 0 Å². The molecule has 0 saturated carbocycles. The fourth-order valence-corrected chi connectivity index (χ4v) is 3.60. The largest absolute Gasteiger partial charge is 0.507 e. The fourth-order valence-electron chi connectivity index (χ4n) is 3.40. The van der Waals surface area contributed by atoms with Crippen LogP contribution in [0.3, 0.4) is 0 Å². The number of carbonyl (C=O) groups is 2. The molecule has 0 aliphatic carbocycles. The molecular formula is C22H24ClN2O4+. The van der Waals surface area contributed by atoms with Crippen LogP contribution in [0.4, 0.5) is 0 Å². The van der Waals surface area contributed by atoms with Crippen LogP contribution >= 0.6 is 11.6 Å². The number of likely N-dealkylation sites (tertiary alicyclic amines) is 1. The average Bonchev–Trinajstić information content (AvgIpc) is 2.96. The van der Waals surface area contributed by atoms with E-state index in [4.69, 9.17) is 16.3 Å². The minimum Gasteiger partial charge on any atom is -0.507 e. The highest BCUT2D eigenvalue weighted by atomic mass is 35.5. The molecule has 1 atom stereocenters. The first kappa shape index (κ1) is 20.9. The van der Waals surface area contributed by atoms with Crippen molar-refractivity contribution in [2.45, 2.75) is 6.04 Å². The molecule has 0 radical (unpaired) electrons. The Labute approximate surface area is 174 Å². The number of hydrogen-bond donors (Lipinski definition) is 2. The highest BCUT2D eigenvalue weighted by Gasteiger charge is 2.46. The van der Waals surface area contributed by atoms with Crippen molar-refractivity contribution < 1.29 is 24.3 Å². The SMILES string of the molecule is COc1cccc(C(O)=C2C(=O)C(=O)N(CC[NH+](C)C)[C@H]2c2cccc(Cl)c2)c1. The van der Waals surface area contributed by atoms with Crippen LogP contribution in [-0.4, -0.2) is 56.0 Å². The number of amides is 1. The number of quaternary nitrogens is 1. The van der Waals surface area contributed by atoms with Crippen LogP contribution in [0.5, 0.6) is 5.75 Å². The second-order valence-corrected chi connectivity index (χ2v) is 7.67. The van der Waals surface area contributed by atoms with Gasteiger partial charge in [-0.3, -0.25) is 9.59 Å². The topological polar surface area (TPSA) is 71.3 Å². The summed E-state index contributed by atoms with van der Waals surface area (Å²) in [7, 11) is 5.47. The highest BCUT2D eigenvalue weighted by Crippen LogP contribution is 2.40. The van der Waals surface area contributed by atoms with Crippen molar-refractivity contribution in [1.82, 2.24) is 4.90 Å². The molecule has 29 heavy (non-hydrogen) atoms. The number of methoxy groups -OCH3 is 1. The van der Waals surface area contributed by atoms with E-state index in [0.29, 0.717) is 35.0 Å². The monoisotopic (exact) mass is 415 g/mol. The van der Waals surface area contributed by atoms with E-state index in [1.165, 1.54) is 12.0 Å². The first-order valence-corrected chi connectivity index (χ1v) is 9.68. The smallest absolute Gasteiger partial charge is 0.295 e. The molecule has 3 rings (SSSR count). The molecule has 2 aromatic rings. The van der Waals surface area contributed by atoms with Crippen molar-refractivity contribution in [2.24, 2.45) is 0 Å². The molecule has 2 aromatic carbocycles. The molecule has 0 bridgehead atoms. The molecule has 7 heteroatoms. The number of benzene rings is 2. The Morgan fingerprint density at radius 1 is 1.17 bits per heavy atom. The summed E-state index contributed by atoms with van der Waals surface area (Å²) in [4.78, 5) is 28.4.